The van der Waals surface area contributed by atoms with E-state index in [9.17, 15) is 0 Å². The Hall–Kier alpha value is -1.62. The zero-order valence-electron chi connectivity index (χ0n) is 10.5. The van der Waals surface area contributed by atoms with Crippen LogP contribution in [0, 0.1) is 5.92 Å². The molecule has 1 fully saturated rings. The summed E-state index contributed by atoms with van der Waals surface area (Å²) in [7, 11) is 0. The Morgan fingerprint density at radius 3 is 3.06 bits per heavy atom. The van der Waals surface area contributed by atoms with E-state index < -0.39 is 0 Å². The van der Waals surface area contributed by atoms with E-state index in [0.717, 1.165) is 6.42 Å². The monoisotopic (exact) mass is 246 g/mol. The summed E-state index contributed by atoms with van der Waals surface area (Å²) in [5, 5.41) is 3.95. The highest BCUT2D eigenvalue weighted by Crippen LogP contribution is 2.39. The largest absolute Gasteiger partial charge is 0.346 e. The van der Waals surface area contributed by atoms with Gasteiger partial charge in [0.05, 0.1) is 6.54 Å². The van der Waals surface area contributed by atoms with Crippen LogP contribution in [0.2, 0.25) is 0 Å². The number of aromatic nitrogens is 3. The van der Waals surface area contributed by atoms with Gasteiger partial charge in [0.25, 0.3) is 0 Å². The second kappa shape index (κ2) is 4.57. The molecule has 2 aromatic heterocycles. The van der Waals surface area contributed by atoms with Crippen molar-refractivity contribution in [3.8, 4) is 0 Å². The van der Waals surface area contributed by atoms with Crippen molar-refractivity contribution in [1.29, 1.82) is 0 Å². The molecule has 96 valence electrons. The van der Waals surface area contributed by atoms with Gasteiger partial charge in [-0.3, -0.25) is 0 Å². The van der Waals surface area contributed by atoms with E-state index in [4.69, 9.17) is 10.3 Å². The van der Waals surface area contributed by atoms with E-state index in [0.29, 0.717) is 24.2 Å². The van der Waals surface area contributed by atoms with Gasteiger partial charge >= 0.3 is 0 Å². The number of hydrogen-bond acceptors (Lipinski definition) is 4. The van der Waals surface area contributed by atoms with Crippen molar-refractivity contribution in [3.05, 3.63) is 35.7 Å². The molecule has 5 nitrogen and oxygen atoms in total. The van der Waals surface area contributed by atoms with Crippen LogP contribution in [0.5, 0.6) is 0 Å². The van der Waals surface area contributed by atoms with Crippen molar-refractivity contribution in [1.82, 2.24) is 14.7 Å². The predicted octanol–water partition coefficient (Wildman–Crippen LogP) is 1.89. The molecular weight excluding hydrogens is 228 g/mol. The molecule has 0 amide bonds. The third-order valence-electron chi connectivity index (χ3n) is 3.42. The Kier molecular flexibility index (Phi) is 2.91. The van der Waals surface area contributed by atoms with Crippen LogP contribution < -0.4 is 5.73 Å². The molecule has 0 saturated heterocycles. The molecule has 0 aromatic carbocycles. The first-order valence-corrected chi connectivity index (χ1v) is 6.49. The fraction of sp³-hybridized carbons (Fsp3) is 0.538. The predicted molar refractivity (Wildman–Crippen MR) is 66.9 cm³/mol. The van der Waals surface area contributed by atoms with Crippen LogP contribution in [-0.2, 0) is 13.0 Å². The van der Waals surface area contributed by atoms with Crippen LogP contribution in [-0.4, -0.2) is 14.7 Å². The van der Waals surface area contributed by atoms with Crippen LogP contribution >= 0.6 is 0 Å². The van der Waals surface area contributed by atoms with Crippen molar-refractivity contribution < 1.29 is 4.52 Å². The molecule has 1 atom stereocenters. The molecule has 0 aliphatic heterocycles. The molecule has 1 saturated carbocycles. The first-order valence-electron chi connectivity index (χ1n) is 6.49. The third-order valence-corrected chi connectivity index (χ3v) is 3.42. The lowest BCUT2D eigenvalue weighted by atomic mass is 10.1. The van der Waals surface area contributed by atoms with Crippen molar-refractivity contribution in [3.63, 3.8) is 0 Å². The zero-order chi connectivity index (χ0) is 12.5. The average molecular weight is 246 g/mol. The maximum Gasteiger partial charge on any atom is 0.226 e. The lowest BCUT2D eigenvalue weighted by molar-refractivity contribution is 0.375. The van der Waals surface area contributed by atoms with Gasteiger partial charge < -0.3 is 14.8 Å². The fourth-order valence-electron chi connectivity index (χ4n) is 2.14. The van der Waals surface area contributed by atoms with Gasteiger partial charge in [-0.05, 0) is 30.4 Å². The van der Waals surface area contributed by atoms with Gasteiger partial charge in [0.2, 0.25) is 5.89 Å². The molecule has 0 spiro atoms. The van der Waals surface area contributed by atoms with Gasteiger partial charge in [0.15, 0.2) is 5.82 Å². The number of hydrogen-bond donors (Lipinski definition) is 1. The molecular formula is C13H18N4O. The number of nitrogens with two attached hydrogens (primary N) is 1. The van der Waals surface area contributed by atoms with Crippen molar-refractivity contribution in [2.24, 2.45) is 11.7 Å². The van der Waals surface area contributed by atoms with Gasteiger partial charge in [-0.1, -0.05) is 12.1 Å². The highest BCUT2D eigenvalue weighted by atomic mass is 16.5. The Bertz CT molecular complexity index is 527. The smallest absolute Gasteiger partial charge is 0.226 e. The molecule has 2 heterocycles. The molecule has 1 aliphatic carbocycles. The number of nitrogens with zero attached hydrogens (tertiary/aromatic N) is 3. The highest BCUT2D eigenvalue weighted by Gasteiger charge is 2.29. The Morgan fingerprint density at radius 2 is 2.39 bits per heavy atom. The summed E-state index contributed by atoms with van der Waals surface area (Å²) in [6.45, 7) is 2.64. The van der Waals surface area contributed by atoms with Crippen molar-refractivity contribution >= 4 is 0 Å². The van der Waals surface area contributed by atoms with Crippen molar-refractivity contribution in [2.75, 3.05) is 0 Å². The summed E-state index contributed by atoms with van der Waals surface area (Å²) in [6, 6.07) is 2.27. The molecule has 0 radical (unpaired) electrons. The Labute approximate surface area is 106 Å². The van der Waals surface area contributed by atoms with E-state index in [1.165, 1.54) is 18.4 Å². The first kappa shape index (κ1) is 11.5. The molecule has 3 rings (SSSR count). The summed E-state index contributed by atoms with van der Waals surface area (Å²) in [4.78, 5) is 4.30. The summed E-state index contributed by atoms with van der Waals surface area (Å²) < 4.78 is 7.15. The minimum absolute atomic E-state index is 0.183. The lowest BCUT2D eigenvalue weighted by Gasteiger charge is -2.06. The van der Waals surface area contributed by atoms with Gasteiger partial charge in [-0.15, -0.1) is 0 Å². The molecule has 5 heteroatoms. The number of rotatable bonds is 5. The minimum Gasteiger partial charge on any atom is -0.346 e. The Balaban J connectivity index is 1.69. The van der Waals surface area contributed by atoms with Crippen LogP contribution in [0.1, 0.15) is 43.1 Å². The van der Waals surface area contributed by atoms with Crippen LogP contribution in [0.3, 0.4) is 0 Å². The van der Waals surface area contributed by atoms with Gasteiger partial charge in [0, 0.05) is 24.9 Å². The normalized spacial score (nSPS) is 17.0. The molecule has 18 heavy (non-hydrogen) atoms. The first-order chi connectivity index (χ1) is 8.76. The highest BCUT2D eigenvalue weighted by molar-refractivity contribution is 5.18. The summed E-state index contributed by atoms with van der Waals surface area (Å²) >= 11 is 0. The van der Waals surface area contributed by atoms with Gasteiger partial charge in [-0.2, -0.15) is 4.98 Å². The van der Waals surface area contributed by atoms with E-state index >= 15 is 0 Å². The summed E-state index contributed by atoms with van der Waals surface area (Å²) in [6.07, 6.45) is 7.41. The van der Waals surface area contributed by atoms with E-state index in [-0.39, 0.29) is 6.04 Å². The maximum atomic E-state index is 6.17. The third kappa shape index (κ3) is 2.31. The summed E-state index contributed by atoms with van der Waals surface area (Å²) in [5.41, 5.74) is 7.37. The molecule has 2 N–H and O–H groups in total. The van der Waals surface area contributed by atoms with Crippen LogP contribution in [0.25, 0.3) is 0 Å². The topological polar surface area (TPSA) is 69.9 Å². The SMILES string of the molecule is CCc1nc(Cn2ccc(C(N)C3CC3)c2)no1. The lowest BCUT2D eigenvalue weighted by Crippen LogP contribution is -2.11. The second-order valence-electron chi connectivity index (χ2n) is 4.94. The second-order valence-corrected chi connectivity index (χ2v) is 4.94. The van der Waals surface area contributed by atoms with Crippen LogP contribution in [0.4, 0.5) is 0 Å². The van der Waals surface area contributed by atoms with E-state index in [1.54, 1.807) is 0 Å². The molecule has 2 aromatic rings. The van der Waals surface area contributed by atoms with Crippen LogP contribution in [0.15, 0.2) is 23.0 Å². The fourth-order valence-corrected chi connectivity index (χ4v) is 2.14. The van der Waals surface area contributed by atoms with E-state index in [1.807, 2.05) is 13.1 Å². The average Bonchev–Trinajstić information content (AvgIpc) is 2.96. The van der Waals surface area contributed by atoms with Gasteiger partial charge in [-0.25, -0.2) is 0 Å². The molecule has 0 bridgehead atoms. The standard InChI is InChI=1S/C13H18N4O/c1-2-12-15-11(16-18-12)8-17-6-5-10(7-17)13(14)9-3-4-9/h5-7,9,13H,2-4,8,14H2,1H3. The molecule has 1 aliphatic rings. The van der Waals surface area contributed by atoms with Crippen molar-refractivity contribution in [2.45, 2.75) is 38.8 Å². The van der Waals surface area contributed by atoms with E-state index in [2.05, 4.69) is 27.0 Å². The van der Waals surface area contributed by atoms with Gasteiger partial charge in [0.1, 0.15) is 0 Å². The number of aryl methyl sites for hydroxylation is 1. The quantitative estimate of drug-likeness (QED) is 0.874. The maximum absolute atomic E-state index is 6.17. The minimum atomic E-state index is 0.183. The summed E-state index contributed by atoms with van der Waals surface area (Å²) in [5.74, 6) is 2.08. The molecule has 1 unspecified atom stereocenters. The zero-order valence-corrected chi connectivity index (χ0v) is 10.5. The Morgan fingerprint density at radius 1 is 1.56 bits per heavy atom.